The largest absolute Gasteiger partial charge is 0.490 e. The molecule has 0 aliphatic heterocycles. The number of rotatable bonds is 6. The summed E-state index contributed by atoms with van der Waals surface area (Å²) in [4.78, 5) is 11.4. The minimum Gasteiger partial charge on any atom is -0.490 e. The van der Waals surface area contributed by atoms with Gasteiger partial charge in [0.1, 0.15) is 11.3 Å². The molecule has 6 heteroatoms. The van der Waals surface area contributed by atoms with Crippen molar-refractivity contribution in [3.8, 4) is 5.75 Å². The Morgan fingerprint density at radius 1 is 1.15 bits per heavy atom. The fourth-order valence-electron chi connectivity index (χ4n) is 5.94. The van der Waals surface area contributed by atoms with Crippen molar-refractivity contribution < 1.29 is 27.8 Å². The normalized spacial score (nSPS) is 27.7. The first-order chi connectivity index (χ1) is 15.9. The van der Waals surface area contributed by atoms with Crippen LogP contribution in [0.2, 0.25) is 0 Å². The third-order valence-electron chi connectivity index (χ3n) is 8.52. The number of alkyl halides is 3. The molecule has 1 N–H and O–H groups in total. The van der Waals surface area contributed by atoms with E-state index in [1.54, 1.807) is 18.2 Å². The van der Waals surface area contributed by atoms with Crippen LogP contribution >= 0.6 is 0 Å². The molecule has 0 spiro atoms. The molecular weight excluding hydrogens is 441 g/mol. The first-order valence-corrected chi connectivity index (χ1v) is 12.4. The lowest BCUT2D eigenvalue weighted by molar-refractivity contribution is -0.159. The molecule has 2 aromatic carbocycles. The summed E-state index contributed by atoms with van der Waals surface area (Å²) < 4.78 is 48.8. The van der Waals surface area contributed by atoms with Crippen molar-refractivity contribution in [2.24, 2.45) is 23.2 Å². The predicted octanol–water partition coefficient (Wildman–Crippen LogP) is 8.06. The van der Waals surface area contributed by atoms with Crippen LogP contribution in [0.5, 0.6) is 5.75 Å². The number of carbonyl (C=O) groups is 1. The number of hydrogen-bond acceptors (Lipinski definition) is 2. The Hall–Kier alpha value is -2.24. The van der Waals surface area contributed by atoms with Gasteiger partial charge in [-0.3, -0.25) is 4.79 Å². The maximum Gasteiger partial charge on any atom is 0.420 e. The lowest BCUT2D eigenvalue weighted by atomic mass is 9.53. The number of aliphatic carboxylic acids is 1. The third kappa shape index (κ3) is 4.78. The van der Waals surface area contributed by atoms with Crippen LogP contribution in [0, 0.1) is 23.2 Å². The zero-order chi connectivity index (χ0) is 24.8. The van der Waals surface area contributed by atoms with Crippen molar-refractivity contribution in [1.29, 1.82) is 0 Å². The molecular formula is C28H35F3O3. The summed E-state index contributed by atoms with van der Waals surface area (Å²) in [7, 11) is 0. The molecule has 2 aromatic rings. The summed E-state index contributed by atoms with van der Waals surface area (Å²) in [5.41, 5.74) is -0.157. The number of carboxylic acids is 1. The first kappa shape index (κ1) is 24.9. The molecule has 0 bridgehead atoms. The van der Waals surface area contributed by atoms with Gasteiger partial charge in [-0.1, -0.05) is 52.0 Å². The van der Waals surface area contributed by atoms with Gasteiger partial charge in [-0.15, -0.1) is 0 Å². The molecule has 0 unspecified atom stereocenters. The van der Waals surface area contributed by atoms with E-state index in [9.17, 15) is 23.1 Å². The maximum atomic E-state index is 14.3. The van der Waals surface area contributed by atoms with E-state index in [4.69, 9.17) is 4.74 Å². The van der Waals surface area contributed by atoms with Crippen molar-refractivity contribution in [3.05, 3.63) is 41.5 Å². The molecule has 0 amide bonds. The van der Waals surface area contributed by atoms with Crippen LogP contribution in [0.4, 0.5) is 13.2 Å². The number of carboxylic acid groups (broad SMARTS) is 1. The van der Waals surface area contributed by atoms with Crippen molar-refractivity contribution in [3.63, 3.8) is 0 Å². The van der Waals surface area contributed by atoms with Crippen LogP contribution in [0.15, 0.2) is 30.3 Å². The molecule has 2 aliphatic carbocycles. The van der Waals surface area contributed by atoms with E-state index in [1.807, 2.05) is 26.8 Å². The maximum absolute atomic E-state index is 14.3. The summed E-state index contributed by atoms with van der Waals surface area (Å²) in [5.74, 6) is -0.364. The van der Waals surface area contributed by atoms with E-state index in [0.717, 1.165) is 37.7 Å². The lowest BCUT2D eigenvalue weighted by Crippen LogP contribution is -2.49. The molecule has 3 nitrogen and oxygen atoms in total. The summed E-state index contributed by atoms with van der Waals surface area (Å²) in [6.07, 6.45) is 0.169. The van der Waals surface area contributed by atoms with Crippen molar-refractivity contribution in [2.45, 2.75) is 84.4 Å². The smallest absolute Gasteiger partial charge is 0.420 e. The number of benzene rings is 2. The fraction of sp³-hybridized carbons (Fsp3) is 0.607. The van der Waals surface area contributed by atoms with Crippen LogP contribution < -0.4 is 4.74 Å². The van der Waals surface area contributed by atoms with E-state index in [2.05, 4.69) is 6.92 Å². The van der Waals surface area contributed by atoms with Crippen LogP contribution in [-0.2, 0) is 11.0 Å². The zero-order valence-corrected chi connectivity index (χ0v) is 20.4. The van der Waals surface area contributed by atoms with Gasteiger partial charge in [0.15, 0.2) is 0 Å². The Kier molecular flexibility index (Phi) is 6.65. The Bertz CT molecular complexity index is 1050. The molecule has 2 saturated carbocycles. The highest BCUT2D eigenvalue weighted by atomic mass is 19.4. The van der Waals surface area contributed by atoms with Gasteiger partial charge in [-0.25, -0.2) is 0 Å². The molecule has 186 valence electrons. The highest BCUT2D eigenvalue weighted by Crippen LogP contribution is 2.55. The Balaban J connectivity index is 1.62. The van der Waals surface area contributed by atoms with Crippen molar-refractivity contribution in [2.75, 3.05) is 0 Å². The van der Waals surface area contributed by atoms with Gasteiger partial charge in [0.2, 0.25) is 0 Å². The summed E-state index contributed by atoms with van der Waals surface area (Å²) in [6, 6.07) is 8.51. The topological polar surface area (TPSA) is 46.5 Å². The summed E-state index contributed by atoms with van der Waals surface area (Å²) >= 11 is 0. The van der Waals surface area contributed by atoms with Gasteiger partial charge in [0.25, 0.3) is 0 Å². The molecule has 2 fully saturated rings. The minimum absolute atomic E-state index is 0.0221. The molecule has 0 saturated heterocycles. The summed E-state index contributed by atoms with van der Waals surface area (Å²) in [5, 5.41) is 10.1. The van der Waals surface area contributed by atoms with E-state index in [-0.39, 0.29) is 40.4 Å². The second kappa shape index (κ2) is 9.09. The van der Waals surface area contributed by atoms with Gasteiger partial charge < -0.3 is 9.84 Å². The zero-order valence-electron chi connectivity index (χ0n) is 20.4. The fourth-order valence-corrected chi connectivity index (χ4v) is 5.94. The van der Waals surface area contributed by atoms with Crippen LogP contribution in [0.3, 0.4) is 0 Å². The molecule has 0 aromatic heterocycles. The van der Waals surface area contributed by atoms with Crippen LogP contribution in [-0.4, -0.2) is 17.2 Å². The molecule has 3 atom stereocenters. The van der Waals surface area contributed by atoms with Crippen LogP contribution in [0.1, 0.15) is 83.3 Å². The quantitative estimate of drug-likeness (QED) is 0.459. The second-order valence-electron chi connectivity index (χ2n) is 11.2. The van der Waals surface area contributed by atoms with Crippen LogP contribution in [0.25, 0.3) is 10.8 Å². The molecule has 4 rings (SSSR count). The Labute approximate surface area is 199 Å². The molecule has 0 heterocycles. The highest BCUT2D eigenvalue weighted by Gasteiger charge is 2.51. The Morgan fingerprint density at radius 2 is 1.79 bits per heavy atom. The highest BCUT2D eigenvalue weighted by molar-refractivity contribution is 5.89. The molecule has 2 aliphatic rings. The Morgan fingerprint density at radius 3 is 2.38 bits per heavy atom. The monoisotopic (exact) mass is 476 g/mol. The van der Waals surface area contributed by atoms with Gasteiger partial charge in [0, 0.05) is 0 Å². The standard InChI is InChI=1S/C28H35F3O3/c1-16-5-10-21(11-6-16)34-24-12-9-18-7-8-19(14-22(18)25(24)28(29,30)31)17(2)13-20-15-23(26(32)33)27(20,3)4/h7-9,12,14,16-17,20-21,23H,5-6,10-11,13,15H2,1-4H3,(H,32,33)/t16?,17-,20+,21?,23-/m1/s1. The van der Waals surface area contributed by atoms with Gasteiger partial charge in [-0.05, 0) is 84.1 Å². The van der Waals surface area contributed by atoms with E-state index < -0.39 is 17.7 Å². The van der Waals surface area contributed by atoms with Gasteiger partial charge in [-0.2, -0.15) is 13.2 Å². The SMILES string of the molecule is CC1CCC(Oc2ccc3ccc([C@H](C)C[C@H]4C[C@H](C(=O)O)C4(C)C)cc3c2C(F)(F)F)CC1. The first-order valence-electron chi connectivity index (χ1n) is 12.4. The summed E-state index contributed by atoms with van der Waals surface area (Å²) in [6.45, 7) is 8.14. The average Bonchev–Trinajstić information content (AvgIpc) is 2.76. The third-order valence-corrected chi connectivity index (χ3v) is 8.52. The second-order valence-corrected chi connectivity index (χ2v) is 11.2. The number of hydrogen-bond donors (Lipinski definition) is 1. The van der Waals surface area contributed by atoms with E-state index in [0.29, 0.717) is 17.7 Å². The number of halogens is 3. The lowest BCUT2D eigenvalue weighted by Gasteiger charge is -2.51. The van der Waals surface area contributed by atoms with Crippen molar-refractivity contribution >= 4 is 16.7 Å². The van der Waals surface area contributed by atoms with E-state index >= 15 is 0 Å². The minimum atomic E-state index is -4.52. The van der Waals surface area contributed by atoms with Gasteiger partial charge in [0.05, 0.1) is 12.0 Å². The van der Waals surface area contributed by atoms with Crippen molar-refractivity contribution in [1.82, 2.24) is 0 Å². The molecule has 0 radical (unpaired) electrons. The van der Waals surface area contributed by atoms with E-state index in [1.165, 1.54) is 6.07 Å². The number of fused-ring (bicyclic) bond motifs is 1. The molecule has 34 heavy (non-hydrogen) atoms. The average molecular weight is 477 g/mol. The van der Waals surface area contributed by atoms with Gasteiger partial charge >= 0.3 is 12.1 Å². The predicted molar refractivity (Wildman–Crippen MR) is 127 cm³/mol. The number of ether oxygens (including phenoxy) is 1.